The topological polar surface area (TPSA) is 46.3 Å². The van der Waals surface area contributed by atoms with E-state index in [1.165, 1.54) is 0 Å². The number of oxazole rings is 1. The first-order valence-electron chi connectivity index (χ1n) is 7.08. The summed E-state index contributed by atoms with van der Waals surface area (Å²) in [4.78, 5) is 18.3. The molecule has 0 atom stereocenters. The molecule has 0 N–H and O–H groups in total. The van der Waals surface area contributed by atoms with Crippen LogP contribution in [0.4, 0.5) is 5.69 Å². The highest BCUT2D eigenvalue weighted by molar-refractivity contribution is 6.02. The maximum absolute atomic E-state index is 12.0. The second-order valence-electron chi connectivity index (χ2n) is 5.16. The lowest BCUT2D eigenvalue weighted by Crippen LogP contribution is -2.23. The Labute approximate surface area is 122 Å². The van der Waals surface area contributed by atoms with Crippen LogP contribution in [0.25, 0.3) is 22.6 Å². The fraction of sp³-hybridized carbons (Fsp3) is 0.176. The molecule has 4 heteroatoms. The lowest BCUT2D eigenvalue weighted by atomic mass is 10.2. The van der Waals surface area contributed by atoms with Gasteiger partial charge in [0.25, 0.3) is 0 Å². The summed E-state index contributed by atoms with van der Waals surface area (Å²) in [7, 11) is 0. The Morgan fingerprint density at radius 2 is 1.90 bits per heavy atom. The molecule has 104 valence electrons. The molecule has 0 saturated carbocycles. The van der Waals surface area contributed by atoms with Crippen LogP contribution in [0.15, 0.2) is 52.9 Å². The van der Waals surface area contributed by atoms with Crippen molar-refractivity contribution in [3.05, 3.63) is 48.5 Å². The van der Waals surface area contributed by atoms with Crippen molar-refractivity contribution in [1.82, 2.24) is 4.98 Å². The Bertz CT molecular complexity index is 808. The quantitative estimate of drug-likeness (QED) is 0.719. The minimum atomic E-state index is 0.153. The van der Waals surface area contributed by atoms with Crippen LogP contribution in [0.2, 0.25) is 0 Å². The Balaban J connectivity index is 1.86. The van der Waals surface area contributed by atoms with Gasteiger partial charge in [0.2, 0.25) is 11.8 Å². The van der Waals surface area contributed by atoms with Gasteiger partial charge in [-0.15, -0.1) is 0 Å². The average Bonchev–Trinajstić information content (AvgIpc) is 3.14. The van der Waals surface area contributed by atoms with Crippen LogP contribution in [0.1, 0.15) is 12.8 Å². The summed E-state index contributed by atoms with van der Waals surface area (Å²) in [5.74, 6) is 0.741. The monoisotopic (exact) mass is 278 g/mol. The zero-order chi connectivity index (χ0) is 14.2. The number of rotatable bonds is 2. The van der Waals surface area contributed by atoms with Crippen LogP contribution in [-0.2, 0) is 4.79 Å². The van der Waals surface area contributed by atoms with E-state index in [2.05, 4.69) is 4.98 Å². The number of amides is 1. The molecule has 0 spiro atoms. The Kier molecular flexibility index (Phi) is 2.74. The number of carbonyl (C=O) groups is 1. The zero-order valence-electron chi connectivity index (χ0n) is 11.5. The molecular formula is C17H14N2O2. The molecule has 1 saturated heterocycles. The molecule has 1 aliphatic heterocycles. The molecule has 2 heterocycles. The normalized spacial score (nSPS) is 15.0. The Morgan fingerprint density at radius 1 is 1.05 bits per heavy atom. The standard InChI is InChI=1S/C17H14N2O2/c20-15-10-5-11-19(15)14-9-4-8-13-16(14)21-17(18-13)12-6-2-1-3-7-12/h1-4,6-9H,5,10-11H2. The van der Waals surface area contributed by atoms with E-state index >= 15 is 0 Å². The highest BCUT2D eigenvalue weighted by Gasteiger charge is 2.25. The van der Waals surface area contributed by atoms with Gasteiger partial charge in [-0.25, -0.2) is 4.98 Å². The number of carbonyl (C=O) groups excluding carboxylic acids is 1. The first-order valence-corrected chi connectivity index (χ1v) is 7.08. The highest BCUT2D eigenvalue weighted by Crippen LogP contribution is 2.33. The summed E-state index contributed by atoms with van der Waals surface area (Å²) >= 11 is 0. The third-order valence-electron chi connectivity index (χ3n) is 3.78. The fourth-order valence-corrected chi connectivity index (χ4v) is 2.75. The molecular weight excluding hydrogens is 264 g/mol. The summed E-state index contributed by atoms with van der Waals surface area (Å²) < 4.78 is 5.94. The van der Waals surface area contributed by atoms with Gasteiger partial charge in [-0.2, -0.15) is 0 Å². The van der Waals surface area contributed by atoms with E-state index in [9.17, 15) is 4.79 Å². The number of hydrogen-bond acceptors (Lipinski definition) is 3. The van der Waals surface area contributed by atoms with Crippen LogP contribution in [0.5, 0.6) is 0 Å². The van der Waals surface area contributed by atoms with Crippen LogP contribution in [0.3, 0.4) is 0 Å². The number of fused-ring (bicyclic) bond motifs is 1. The van der Waals surface area contributed by atoms with Gasteiger partial charge < -0.3 is 9.32 Å². The summed E-state index contributed by atoms with van der Waals surface area (Å²) in [6, 6.07) is 15.5. The van der Waals surface area contributed by atoms with E-state index in [-0.39, 0.29) is 5.91 Å². The number of nitrogens with zero attached hydrogens (tertiary/aromatic N) is 2. The van der Waals surface area contributed by atoms with E-state index < -0.39 is 0 Å². The maximum Gasteiger partial charge on any atom is 0.227 e. The molecule has 1 aliphatic rings. The lowest BCUT2D eigenvalue weighted by Gasteiger charge is -2.15. The van der Waals surface area contributed by atoms with Crippen molar-refractivity contribution in [3.63, 3.8) is 0 Å². The number of aromatic nitrogens is 1. The third kappa shape index (κ3) is 2.00. The molecule has 4 nitrogen and oxygen atoms in total. The Hall–Kier alpha value is -2.62. The molecule has 4 rings (SSSR count). The van der Waals surface area contributed by atoms with Gasteiger partial charge in [0, 0.05) is 18.5 Å². The number of para-hydroxylation sites is 1. The first kappa shape index (κ1) is 12.1. The smallest absolute Gasteiger partial charge is 0.227 e. The molecule has 21 heavy (non-hydrogen) atoms. The van der Waals surface area contributed by atoms with Crippen molar-refractivity contribution in [3.8, 4) is 11.5 Å². The van der Waals surface area contributed by atoms with Crippen LogP contribution < -0.4 is 4.90 Å². The average molecular weight is 278 g/mol. The first-order chi connectivity index (χ1) is 10.3. The second kappa shape index (κ2) is 4.74. The van der Waals surface area contributed by atoms with Crippen LogP contribution in [0, 0.1) is 0 Å². The van der Waals surface area contributed by atoms with E-state index in [4.69, 9.17) is 4.42 Å². The van der Waals surface area contributed by atoms with Crippen molar-refractivity contribution in [2.45, 2.75) is 12.8 Å². The zero-order valence-corrected chi connectivity index (χ0v) is 11.5. The molecule has 1 aromatic heterocycles. The SMILES string of the molecule is O=C1CCCN1c1cccc2nc(-c3ccccc3)oc12. The summed E-state index contributed by atoms with van der Waals surface area (Å²) in [6.07, 6.45) is 1.50. The van der Waals surface area contributed by atoms with Crippen molar-refractivity contribution in [2.24, 2.45) is 0 Å². The van der Waals surface area contributed by atoms with Gasteiger partial charge >= 0.3 is 0 Å². The minimum absolute atomic E-state index is 0.153. The molecule has 1 fully saturated rings. The van der Waals surface area contributed by atoms with Gasteiger partial charge in [-0.3, -0.25) is 4.79 Å². The van der Waals surface area contributed by atoms with Crippen molar-refractivity contribution in [1.29, 1.82) is 0 Å². The summed E-state index contributed by atoms with van der Waals surface area (Å²) in [5, 5.41) is 0. The molecule has 1 amide bonds. The van der Waals surface area contributed by atoms with Gasteiger partial charge in [-0.05, 0) is 30.7 Å². The molecule has 0 unspecified atom stereocenters. The van der Waals surface area contributed by atoms with Gasteiger partial charge in [0.05, 0.1) is 5.69 Å². The molecule has 0 radical (unpaired) electrons. The number of hydrogen-bond donors (Lipinski definition) is 0. The van der Waals surface area contributed by atoms with E-state index in [1.54, 1.807) is 4.90 Å². The van der Waals surface area contributed by atoms with Gasteiger partial charge in [0.15, 0.2) is 5.58 Å². The fourth-order valence-electron chi connectivity index (χ4n) is 2.75. The second-order valence-corrected chi connectivity index (χ2v) is 5.16. The summed E-state index contributed by atoms with van der Waals surface area (Å²) in [5.41, 5.74) is 3.23. The van der Waals surface area contributed by atoms with Crippen LogP contribution in [-0.4, -0.2) is 17.4 Å². The predicted octanol–water partition coefficient (Wildman–Crippen LogP) is 3.62. The van der Waals surface area contributed by atoms with Crippen molar-refractivity contribution >= 4 is 22.7 Å². The van der Waals surface area contributed by atoms with E-state index in [0.29, 0.717) is 17.9 Å². The molecule has 2 aromatic carbocycles. The largest absolute Gasteiger partial charge is 0.434 e. The number of anilines is 1. The van der Waals surface area contributed by atoms with Crippen molar-refractivity contribution in [2.75, 3.05) is 11.4 Å². The number of benzene rings is 2. The van der Waals surface area contributed by atoms with Gasteiger partial charge in [-0.1, -0.05) is 24.3 Å². The highest BCUT2D eigenvalue weighted by atomic mass is 16.3. The minimum Gasteiger partial charge on any atom is -0.434 e. The third-order valence-corrected chi connectivity index (χ3v) is 3.78. The van der Waals surface area contributed by atoms with Crippen LogP contribution >= 0.6 is 0 Å². The van der Waals surface area contributed by atoms with E-state index in [0.717, 1.165) is 29.7 Å². The molecule has 0 bridgehead atoms. The van der Waals surface area contributed by atoms with Gasteiger partial charge in [0.1, 0.15) is 5.52 Å². The lowest BCUT2D eigenvalue weighted by molar-refractivity contribution is -0.117. The van der Waals surface area contributed by atoms with E-state index in [1.807, 2.05) is 48.5 Å². The maximum atomic E-state index is 12.0. The van der Waals surface area contributed by atoms with Crippen molar-refractivity contribution < 1.29 is 9.21 Å². The Morgan fingerprint density at radius 3 is 2.67 bits per heavy atom. The molecule has 3 aromatic rings. The molecule has 0 aliphatic carbocycles. The summed E-state index contributed by atoms with van der Waals surface area (Å²) in [6.45, 7) is 0.749. The predicted molar refractivity (Wildman–Crippen MR) is 81.0 cm³/mol.